The van der Waals surface area contributed by atoms with E-state index >= 15 is 0 Å². The van der Waals surface area contributed by atoms with Gasteiger partial charge >= 0.3 is 154 Å². The Labute approximate surface area is 170 Å². The van der Waals surface area contributed by atoms with Crippen LogP contribution in [0.15, 0.2) is 0 Å². The van der Waals surface area contributed by atoms with Crippen molar-refractivity contribution in [3.05, 3.63) is 0 Å². The Morgan fingerprint density at radius 3 is 0.800 bits per heavy atom. The number of hydrogen-bond donors (Lipinski definition) is 0. The average Bonchev–Trinajstić information content (AvgIpc) is 0. The molecule has 0 aromatic heterocycles. The normalized spacial score (nSPS) is 0. The summed E-state index contributed by atoms with van der Waals surface area (Å²) in [7, 11) is 0. The van der Waals surface area contributed by atoms with E-state index < -0.39 is 0 Å². The minimum atomic E-state index is 0. The standard InChI is InChI=1S/ClH.3K.H2O.3H/h1H;;;;1H2;;;/q;3*+1;;3*-1. The van der Waals surface area contributed by atoms with Gasteiger partial charge in [-0.05, 0) is 0 Å². The van der Waals surface area contributed by atoms with Gasteiger partial charge in [-0.2, -0.15) is 0 Å². The summed E-state index contributed by atoms with van der Waals surface area (Å²) in [5.41, 5.74) is 0. The Morgan fingerprint density at radius 1 is 0.800 bits per heavy atom. The van der Waals surface area contributed by atoms with Crippen molar-refractivity contribution in [2.75, 3.05) is 0 Å². The molecule has 0 rings (SSSR count). The third-order valence-corrected chi connectivity index (χ3v) is 0. The molecular weight excluding hydrogens is 169 g/mol. The number of rotatable bonds is 0. The van der Waals surface area contributed by atoms with Crippen LogP contribution in [0.4, 0.5) is 0 Å². The summed E-state index contributed by atoms with van der Waals surface area (Å²) in [6.07, 6.45) is 0. The fourth-order valence-corrected chi connectivity index (χ4v) is 0. The molecule has 0 amide bonds. The van der Waals surface area contributed by atoms with Gasteiger partial charge in [0.05, 0.1) is 0 Å². The van der Waals surface area contributed by atoms with E-state index in [1.165, 1.54) is 0 Å². The molecule has 0 aromatic rings. The molecule has 0 saturated carbocycles. The van der Waals surface area contributed by atoms with Crippen LogP contribution in [0.5, 0.6) is 0 Å². The Morgan fingerprint density at radius 2 is 0.800 bits per heavy atom. The van der Waals surface area contributed by atoms with Crippen molar-refractivity contribution >= 4 is 12.4 Å². The molecule has 0 radical (unpaired) electrons. The van der Waals surface area contributed by atoms with Crippen LogP contribution in [0.3, 0.4) is 0 Å². The molecule has 0 aliphatic heterocycles. The smallest absolute Gasteiger partial charge is 1.00 e. The summed E-state index contributed by atoms with van der Waals surface area (Å²) in [6.45, 7) is 0. The van der Waals surface area contributed by atoms with Crippen LogP contribution in [0.2, 0.25) is 0 Å². The van der Waals surface area contributed by atoms with Crippen molar-refractivity contribution < 1.29 is 164 Å². The zero-order valence-corrected chi connectivity index (χ0v) is 14.1. The maximum atomic E-state index is 0. The third kappa shape index (κ3) is 17.6. The predicted octanol–water partition coefficient (Wildman–Crippen LogP) is -9.05. The fraction of sp³-hybridized carbons (Fsp3) is 0. The summed E-state index contributed by atoms with van der Waals surface area (Å²) in [5, 5.41) is 0. The second kappa shape index (κ2) is 22.9. The van der Waals surface area contributed by atoms with Gasteiger partial charge < -0.3 is 9.76 Å². The molecule has 0 aliphatic rings. The summed E-state index contributed by atoms with van der Waals surface area (Å²) in [5.74, 6) is 0. The molecular formula is H6ClK3O. The van der Waals surface area contributed by atoms with E-state index in [4.69, 9.17) is 0 Å². The monoisotopic (exact) mass is 174 g/mol. The molecule has 0 aromatic carbocycles. The zero-order chi connectivity index (χ0) is 0. The molecule has 0 spiro atoms. The van der Waals surface area contributed by atoms with Crippen molar-refractivity contribution in [2.24, 2.45) is 0 Å². The summed E-state index contributed by atoms with van der Waals surface area (Å²) in [4.78, 5) is 0. The van der Waals surface area contributed by atoms with Gasteiger partial charge in [-0.3, -0.25) is 0 Å². The minimum Gasteiger partial charge on any atom is -1.00 e. The second-order valence-corrected chi connectivity index (χ2v) is 0. The average molecular weight is 175 g/mol. The van der Waals surface area contributed by atoms with Gasteiger partial charge in [-0.25, -0.2) is 0 Å². The molecule has 0 bridgehead atoms. The van der Waals surface area contributed by atoms with E-state index in [1.807, 2.05) is 0 Å². The Kier molecular flexibility index (Phi) is 147. The van der Waals surface area contributed by atoms with E-state index in [2.05, 4.69) is 0 Å². The van der Waals surface area contributed by atoms with Gasteiger partial charge in [-0.15, -0.1) is 12.4 Å². The summed E-state index contributed by atoms with van der Waals surface area (Å²) < 4.78 is 0. The Balaban J connectivity index is 0. The second-order valence-electron chi connectivity index (χ2n) is 0. The fourth-order valence-electron chi connectivity index (χ4n) is 0. The third-order valence-electron chi connectivity index (χ3n) is 0. The maximum Gasteiger partial charge on any atom is 1.00 e. The molecule has 0 heterocycles. The van der Waals surface area contributed by atoms with Crippen LogP contribution in [0.1, 0.15) is 4.28 Å². The number of hydrogen-bond acceptors (Lipinski definition) is 0. The molecule has 0 unspecified atom stereocenters. The first kappa shape index (κ1) is 32.0. The first-order valence-corrected chi connectivity index (χ1v) is 0. The van der Waals surface area contributed by atoms with Crippen LogP contribution in [-0.2, 0) is 0 Å². The van der Waals surface area contributed by atoms with Crippen LogP contribution >= 0.6 is 12.4 Å². The van der Waals surface area contributed by atoms with Gasteiger partial charge in [0.1, 0.15) is 0 Å². The zero-order valence-electron chi connectivity index (χ0n) is 6.91. The van der Waals surface area contributed by atoms with Crippen LogP contribution in [-0.4, -0.2) is 5.48 Å². The molecule has 0 atom stereocenters. The van der Waals surface area contributed by atoms with Gasteiger partial charge in [0.25, 0.3) is 0 Å². The molecule has 0 aliphatic carbocycles. The SMILES string of the molecule is Cl.O.[H-].[H-].[H-].[K+].[K+].[K+]. The minimum absolute atomic E-state index is 0. The molecule has 5 heavy (non-hydrogen) atoms. The van der Waals surface area contributed by atoms with Gasteiger partial charge in [0, 0.05) is 0 Å². The first-order chi connectivity index (χ1) is 0. The predicted molar refractivity (Wildman–Crippen MR) is 14.2 cm³/mol. The molecule has 5 heteroatoms. The Bertz CT molecular complexity index is 14.5. The van der Waals surface area contributed by atoms with Gasteiger partial charge in [-0.1, -0.05) is 0 Å². The summed E-state index contributed by atoms with van der Waals surface area (Å²) >= 11 is 0. The molecule has 1 nitrogen and oxygen atoms in total. The van der Waals surface area contributed by atoms with Crippen molar-refractivity contribution in [3.8, 4) is 0 Å². The molecule has 2 N–H and O–H groups in total. The molecule has 0 saturated heterocycles. The van der Waals surface area contributed by atoms with Crippen molar-refractivity contribution in [2.45, 2.75) is 0 Å². The van der Waals surface area contributed by atoms with E-state index in [0.29, 0.717) is 0 Å². The largest absolute Gasteiger partial charge is 1.00 e. The van der Waals surface area contributed by atoms with E-state index in [9.17, 15) is 0 Å². The van der Waals surface area contributed by atoms with E-state index in [-0.39, 0.29) is 176 Å². The number of halogens is 1. The first-order valence-electron chi connectivity index (χ1n) is 0. The quantitative estimate of drug-likeness (QED) is 0.327. The van der Waals surface area contributed by atoms with Crippen LogP contribution in [0, 0.1) is 0 Å². The van der Waals surface area contributed by atoms with Crippen molar-refractivity contribution in [1.29, 1.82) is 0 Å². The van der Waals surface area contributed by atoms with Gasteiger partial charge in [0.2, 0.25) is 0 Å². The molecule has 0 fully saturated rings. The Hall–Kier alpha value is 5.16. The van der Waals surface area contributed by atoms with E-state index in [0.717, 1.165) is 0 Å². The molecule has 22 valence electrons. The van der Waals surface area contributed by atoms with Crippen LogP contribution < -0.4 is 154 Å². The summed E-state index contributed by atoms with van der Waals surface area (Å²) in [6, 6.07) is 0. The van der Waals surface area contributed by atoms with Crippen LogP contribution in [0.25, 0.3) is 0 Å². The van der Waals surface area contributed by atoms with E-state index in [1.54, 1.807) is 0 Å². The van der Waals surface area contributed by atoms with Crippen molar-refractivity contribution in [1.82, 2.24) is 0 Å². The topological polar surface area (TPSA) is 31.5 Å². The van der Waals surface area contributed by atoms with Gasteiger partial charge in [0.15, 0.2) is 0 Å². The van der Waals surface area contributed by atoms with Crippen molar-refractivity contribution in [3.63, 3.8) is 0 Å². The maximum absolute atomic E-state index is 0.